The second kappa shape index (κ2) is 16.2. The Labute approximate surface area is 333 Å². The molecule has 2 aromatic carbocycles. The van der Waals surface area contributed by atoms with Gasteiger partial charge in [0.1, 0.15) is 35.2 Å². The van der Waals surface area contributed by atoms with Crippen LogP contribution in [0.25, 0.3) is 22.5 Å². The molecule has 4 fully saturated rings. The highest BCUT2D eigenvalue weighted by Gasteiger charge is 2.41. The van der Waals surface area contributed by atoms with Crippen LogP contribution in [0.1, 0.15) is 103 Å². The lowest BCUT2D eigenvalue weighted by Gasteiger charge is -2.30. The summed E-state index contributed by atoms with van der Waals surface area (Å²) in [4.78, 5) is 72.5. The summed E-state index contributed by atoms with van der Waals surface area (Å²) < 4.78 is 6.19. The van der Waals surface area contributed by atoms with Crippen LogP contribution >= 0.6 is 0 Å². The Morgan fingerprint density at radius 2 is 1.00 bits per heavy atom. The summed E-state index contributed by atoms with van der Waals surface area (Å²) in [5.74, 6) is 2.84. The van der Waals surface area contributed by atoms with Crippen molar-refractivity contribution >= 4 is 23.6 Å². The van der Waals surface area contributed by atoms with E-state index in [1.54, 1.807) is 12.4 Å². The van der Waals surface area contributed by atoms with Gasteiger partial charge < -0.3 is 35.1 Å². The third kappa shape index (κ3) is 8.47. The van der Waals surface area contributed by atoms with Gasteiger partial charge in [-0.05, 0) is 123 Å². The zero-order chi connectivity index (χ0) is 39.8. The van der Waals surface area contributed by atoms with Gasteiger partial charge in [-0.1, -0.05) is 27.7 Å². The number of nitrogens with zero attached hydrogens (tertiary/aromatic N) is 4. The van der Waals surface area contributed by atoms with Crippen LogP contribution in [-0.2, 0) is 19.2 Å². The van der Waals surface area contributed by atoms with Crippen LogP contribution < -0.4 is 15.4 Å². The van der Waals surface area contributed by atoms with Gasteiger partial charge in [0.15, 0.2) is 0 Å². The number of amides is 4. The maximum atomic E-state index is 13.7. The monoisotopic (exact) mass is 774 g/mol. The molecule has 2 aliphatic heterocycles. The molecule has 2 saturated heterocycles. The van der Waals surface area contributed by atoms with Crippen molar-refractivity contribution in [3.8, 4) is 34.0 Å². The highest BCUT2D eigenvalue weighted by Crippen LogP contribution is 2.36. The molecule has 2 saturated carbocycles. The van der Waals surface area contributed by atoms with Gasteiger partial charge >= 0.3 is 0 Å². The summed E-state index contributed by atoms with van der Waals surface area (Å²) in [5.41, 5.74) is 3.60. The second-order valence-corrected chi connectivity index (χ2v) is 16.9. The van der Waals surface area contributed by atoms with Crippen LogP contribution in [0.4, 0.5) is 0 Å². The molecule has 4 aromatic rings. The van der Waals surface area contributed by atoms with Gasteiger partial charge in [0.2, 0.25) is 23.6 Å². The van der Waals surface area contributed by atoms with Crippen molar-refractivity contribution in [3.05, 3.63) is 72.6 Å². The van der Waals surface area contributed by atoms with E-state index < -0.39 is 12.1 Å². The van der Waals surface area contributed by atoms with E-state index in [9.17, 15) is 19.2 Å². The summed E-state index contributed by atoms with van der Waals surface area (Å²) in [5, 5.41) is 6.04. The molecule has 4 heterocycles. The van der Waals surface area contributed by atoms with Crippen molar-refractivity contribution in [1.29, 1.82) is 0 Å². The van der Waals surface area contributed by atoms with Crippen LogP contribution in [0.15, 0.2) is 60.9 Å². The van der Waals surface area contributed by atoms with Crippen molar-refractivity contribution in [2.75, 3.05) is 13.1 Å². The molecule has 2 aromatic heterocycles. The summed E-state index contributed by atoms with van der Waals surface area (Å²) in [6, 6.07) is 14.2. The van der Waals surface area contributed by atoms with Crippen LogP contribution in [0.5, 0.6) is 11.5 Å². The first kappa shape index (κ1) is 38.4. The van der Waals surface area contributed by atoms with E-state index in [4.69, 9.17) is 14.7 Å². The van der Waals surface area contributed by atoms with Crippen LogP contribution in [0, 0.1) is 23.7 Å². The average molecular weight is 775 g/mol. The second-order valence-electron chi connectivity index (χ2n) is 16.9. The minimum Gasteiger partial charge on any atom is -0.457 e. The highest BCUT2D eigenvalue weighted by atomic mass is 16.5. The molecular formula is C44H54N8O5. The van der Waals surface area contributed by atoms with Gasteiger partial charge in [-0.2, -0.15) is 0 Å². The zero-order valence-corrected chi connectivity index (χ0v) is 33.3. The predicted octanol–water partition coefficient (Wildman–Crippen LogP) is 6.69. The maximum Gasteiger partial charge on any atom is 0.246 e. The van der Waals surface area contributed by atoms with Crippen LogP contribution in [0.2, 0.25) is 0 Å². The number of aromatic nitrogens is 4. The summed E-state index contributed by atoms with van der Waals surface area (Å²) in [6.45, 7) is 9.19. The molecule has 8 rings (SSSR count). The van der Waals surface area contributed by atoms with E-state index in [0.717, 1.165) is 85.5 Å². The lowest BCUT2D eigenvalue weighted by atomic mass is 10.0. The quantitative estimate of drug-likeness (QED) is 0.111. The van der Waals surface area contributed by atoms with Crippen LogP contribution in [0.3, 0.4) is 0 Å². The first-order chi connectivity index (χ1) is 27.5. The SMILES string of the molecule is CC(C)C(NC(=O)C1CC1)C(=O)N1CCCC1c1ncc(-c2ccc(Oc3ccc(-c4cnc(C5CCCN5C(=O)C(NC(=O)C5CC5)C(C)C)[nH]4)cc3)cc2)[nH]1. The zero-order valence-electron chi connectivity index (χ0n) is 33.3. The predicted molar refractivity (Wildman–Crippen MR) is 214 cm³/mol. The fourth-order valence-electron chi connectivity index (χ4n) is 8.09. The third-order valence-corrected chi connectivity index (χ3v) is 11.8. The number of ether oxygens (including phenoxy) is 1. The topological polar surface area (TPSA) is 165 Å². The fraction of sp³-hybridized carbons (Fsp3) is 0.500. The van der Waals surface area contributed by atoms with E-state index in [1.807, 2.05) is 86.0 Å². The van der Waals surface area contributed by atoms with Crippen molar-refractivity contribution in [1.82, 2.24) is 40.4 Å². The van der Waals surface area contributed by atoms with E-state index in [0.29, 0.717) is 24.6 Å². The summed E-state index contributed by atoms with van der Waals surface area (Å²) >= 11 is 0. The number of H-pyrrole nitrogens is 2. The van der Waals surface area contributed by atoms with Crippen LogP contribution in [-0.4, -0.2) is 78.5 Å². The molecule has 0 spiro atoms. The molecule has 4 atom stereocenters. The lowest BCUT2D eigenvalue weighted by Crippen LogP contribution is -2.51. The van der Waals surface area contributed by atoms with Gasteiger partial charge in [0, 0.05) is 24.9 Å². The molecule has 4 N–H and O–H groups in total. The third-order valence-electron chi connectivity index (χ3n) is 11.8. The summed E-state index contributed by atoms with van der Waals surface area (Å²) in [6.07, 6.45) is 10.6. The molecule has 0 bridgehead atoms. The standard InChI is InChI=1S/C44H54N8O5/c1-25(2)37(49-41(53)29-9-10-29)43(55)51-21-5-7-35(51)39-45-23-33(47-39)27-13-17-31(18-14-27)57-32-19-15-28(16-20-32)34-24-46-40(48-34)36-8-6-22-52(36)44(56)38(26(3)4)50-42(54)30-11-12-30/h13-20,23-26,29-30,35-38H,5-12,21-22H2,1-4H3,(H,45,47)(H,46,48)(H,49,53)(H,50,54). The lowest BCUT2D eigenvalue weighted by molar-refractivity contribution is -0.139. The number of carbonyl (C=O) groups is 4. The Hall–Kier alpha value is -5.46. The van der Waals surface area contributed by atoms with Crippen molar-refractivity contribution in [3.63, 3.8) is 0 Å². The number of hydrogen-bond donors (Lipinski definition) is 4. The highest BCUT2D eigenvalue weighted by molar-refractivity contribution is 5.90. The van der Waals surface area contributed by atoms with Gasteiger partial charge in [0.05, 0.1) is 35.9 Å². The molecule has 4 aliphatic rings. The average Bonchev–Trinajstić information content (AvgIpc) is 3.96. The molecule has 13 heteroatoms. The van der Waals surface area contributed by atoms with Gasteiger partial charge in [0.25, 0.3) is 0 Å². The molecule has 4 amide bonds. The molecular weight excluding hydrogens is 721 g/mol. The Bertz CT molecular complexity index is 1930. The minimum atomic E-state index is -0.543. The minimum absolute atomic E-state index is 0.0119. The van der Waals surface area contributed by atoms with Gasteiger partial charge in [-0.15, -0.1) is 0 Å². The number of likely N-dealkylation sites (tertiary alicyclic amines) is 2. The molecule has 2 aliphatic carbocycles. The fourth-order valence-corrected chi connectivity index (χ4v) is 8.09. The van der Waals surface area contributed by atoms with Crippen molar-refractivity contribution in [2.45, 2.75) is 103 Å². The van der Waals surface area contributed by atoms with E-state index >= 15 is 0 Å². The molecule has 57 heavy (non-hydrogen) atoms. The van der Waals surface area contributed by atoms with Crippen molar-refractivity contribution in [2.24, 2.45) is 23.7 Å². The number of imidazole rings is 2. The first-order valence-corrected chi connectivity index (χ1v) is 20.7. The van der Waals surface area contributed by atoms with E-state index in [1.165, 1.54) is 0 Å². The Kier molecular flexibility index (Phi) is 10.9. The number of carbonyl (C=O) groups excluding carboxylic acids is 4. The number of nitrogens with one attached hydrogen (secondary N) is 4. The number of benzene rings is 2. The Morgan fingerprint density at radius 3 is 1.35 bits per heavy atom. The summed E-state index contributed by atoms with van der Waals surface area (Å²) in [7, 11) is 0. The molecule has 0 radical (unpaired) electrons. The Balaban J connectivity index is 0.875. The van der Waals surface area contributed by atoms with E-state index in [2.05, 4.69) is 20.6 Å². The van der Waals surface area contributed by atoms with Gasteiger partial charge in [-0.3, -0.25) is 19.2 Å². The normalized spacial score (nSPS) is 20.5. The molecule has 300 valence electrons. The first-order valence-electron chi connectivity index (χ1n) is 20.7. The number of rotatable bonds is 14. The van der Waals surface area contributed by atoms with Crippen molar-refractivity contribution < 1.29 is 23.9 Å². The smallest absolute Gasteiger partial charge is 0.246 e. The number of hydrogen-bond acceptors (Lipinski definition) is 7. The number of aromatic amines is 2. The maximum absolute atomic E-state index is 13.7. The van der Waals surface area contributed by atoms with E-state index in [-0.39, 0.29) is 59.4 Å². The Morgan fingerprint density at radius 1 is 0.614 bits per heavy atom. The molecule has 13 nitrogen and oxygen atoms in total. The molecule has 4 unspecified atom stereocenters. The largest absolute Gasteiger partial charge is 0.457 e. The van der Waals surface area contributed by atoms with Gasteiger partial charge in [-0.25, -0.2) is 9.97 Å².